The Bertz CT molecular complexity index is 1040. The summed E-state index contributed by atoms with van der Waals surface area (Å²) in [5.41, 5.74) is 6.28. The molecule has 3 heterocycles. The van der Waals surface area contributed by atoms with E-state index in [0.29, 0.717) is 0 Å². The molecule has 4 aromatic rings. The number of hydrogen-bond acceptors (Lipinski definition) is 2. The Morgan fingerprint density at radius 3 is 2.81 bits per heavy atom. The zero-order valence-electron chi connectivity index (χ0n) is 14.3. The molecular weight excluding hydrogens is 344 g/mol. The van der Waals surface area contributed by atoms with Crippen molar-refractivity contribution in [2.45, 2.75) is 19.0 Å². The second-order valence-electron chi connectivity index (χ2n) is 6.87. The van der Waals surface area contributed by atoms with E-state index in [4.69, 9.17) is 16.0 Å². The summed E-state index contributed by atoms with van der Waals surface area (Å²) >= 11 is 6.25. The Morgan fingerprint density at radius 2 is 2.00 bits per heavy atom. The van der Waals surface area contributed by atoms with Gasteiger partial charge in [0.1, 0.15) is 0 Å². The average molecular weight is 363 g/mol. The van der Waals surface area contributed by atoms with Gasteiger partial charge in [0.15, 0.2) is 0 Å². The van der Waals surface area contributed by atoms with Crippen LogP contribution in [0.5, 0.6) is 0 Å². The summed E-state index contributed by atoms with van der Waals surface area (Å²) in [6, 6.07) is 19.0. The molecule has 0 radical (unpaired) electrons. The van der Waals surface area contributed by atoms with E-state index in [2.05, 4.69) is 58.4 Å². The molecule has 1 aliphatic heterocycles. The largest absolute Gasteiger partial charge is 0.472 e. The number of aromatic amines is 1. The molecular formula is C22H19ClN2O. The second kappa shape index (κ2) is 6.35. The molecule has 2 aromatic heterocycles. The van der Waals surface area contributed by atoms with Gasteiger partial charge in [-0.2, -0.15) is 0 Å². The first-order valence-corrected chi connectivity index (χ1v) is 9.27. The lowest BCUT2D eigenvalue weighted by atomic mass is 9.93. The number of aromatic nitrogens is 1. The number of hydrogen-bond donors (Lipinski definition) is 1. The number of fused-ring (bicyclic) bond motifs is 3. The number of H-pyrrole nitrogens is 1. The van der Waals surface area contributed by atoms with Crippen molar-refractivity contribution in [3.8, 4) is 0 Å². The minimum Gasteiger partial charge on any atom is -0.472 e. The van der Waals surface area contributed by atoms with Gasteiger partial charge in [-0.05, 0) is 41.8 Å². The van der Waals surface area contributed by atoms with Crippen molar-refractivity contribution in [1.82, 2.24) is 9.88 Å². The molecule has 0 bridgehead atoms. The van der Waals surface area contributed by atoms with Gasteiger partial charge in [0.05, 0.1) is 18.6 Å². The Labute approximate surface area is 157 Å². The predicted octanol–water partition coefficient (Wildman–Crippen LogP) is 5.56. The van der Waals surface area contributed by atoms with E-state index in [-0.39, 0.29) is 6.04 Å². The zero-order valence-corrected chi connectivity index (χ0v) is 15.0. The van der Waals surface area contributed by atoms with E-state index in [1.807, 2.05) is 12.3 Å². The lowest BCUT2D eigenvalue weighted by molar-refractivity contribution is 0.201. The Hall–Kier alpha value is -2.49. The summed E-state index contributed by atoms with van der Waals surface area (Å²) in [6.07, 6.45) is 4.62. The maximum atomic E-state index is 6.25. The number of rotatable bonds is 3. The number of nitrogens with one attached hydrogen (secondary N) is 1. The lowest BCUT2D eigenvalue weighted by Gasteiger charge is -2.35. The highest BCUT2D eigenvalue weighted by atomic mass is 35.5. The summed E-state index contributed by atoms with van der Waals surface area (Å²) < 4.78 is 5.41. The number of furan rings is 1. The molecule has 5 rings (SSSR count). The zero-order chi connectivity index (χ0) is 17.5. The Morgan fingerprint density at radius 1 is 1.12 bits per heavy atom. The van der Waals surface area contributed by atoms with Crippen molar-refractivity contribution in [3.63, 3.8) is 0 Å². The van der Waals surface area contributed by atoms with Crippen LogP contribution >= 0.6 is 11.6 Å². The molecule has 1 aliphatic rings. The van der Waals surface area contributed by atoms with Crippen LogP contribution in [0.2, 0.25) is 5.02 Å². The molecule has 26 heavy (non-hydrogen) atoms. The molecule has 1 unspecified atom stereocenters. The summed E-state index contributed by atoms with van der Waals surface area (Å²) in [6.45, 7) is 1.91. The van der Waals surface area contributed by atoms with Crippen LogP contribution in [-0.2, 0) is 13.0 Å². The van der Waals surface area contributed by atoms with Gasteiger partial charge >= 0.3 is 0 Å². The van der Waals surface area contributed by atoms with Crippen LogP contribution in [0.1, 0.15) is 28.4 Å². The molecule has 1 N–H and O–H groups in total. The van der Waals surface area contributed by atoms with E-state index >= 15 is 0 Å². The standard InChI is InChI=1S/C22H19ClN2O/c23-17-6-7-20-19(12-17)18-8-10-25(13-15-4-2-1-3-5-15)22(21(18)24-20)16-9-11-26-14-16/h1-7,9,11-12,14,22,24H,8,10,13H2. The molecule has 0 spiro atoms. The molecule has 3 nitrogen and oxygen atoms in total. The average Bonchev–Trinajstić information content (AvgIpc) is 3.30. The third-order valence-electron chi connectivity index (χ3n) is 5.28. The van der Waals surface area contributed by atoms with Crippen LogP contribution in [0.25, 0.3) is 10.9 Å². The van der Waals surface area contributed by atoms with Crippen molar-refractivity contribution in [1.29, 1.82) is 0 Å². The molecule has 2 aromatic carbocycles. The molecule has 1 atom stereocenters. The van der Waals surface area contributed by atoms with E-state index in [1.165, 1.54) is 27.8 Å². The maximum absolute atomic E-state index is 6.25. The fourth-order valence-corrected chi connectivity index (χ4v) is 4.28. The van der Waals surface area contributed by atoms with E-state index in [0.717, 1.165) is 30.0 Å². The topological polar surface area (TPSA) is 32.2 Å². The Kier molecular flexibility index (Phi) is 3.84. The number of benzene rings is 2. The summed E-state index contributed by atoms with van der Waals surface area (Å²) in [7, 11) is 0. The minimum absolute atomic E-state index is 0.156. The second-order valence-corrected chi connectivity index (χ2v) is 7.31. The summed E-state index contributed by atoms with van der Waals surface area (Å²) in [5, 5.41) is 2.02. The molecule has 0 amide bonds. The van der Waals surface area contributed by atoms with E-state index in [9.17, 15) is 0 Å². The molecule has 4 heteroatoms. The first-order chi connectivity index (χ1) is 12.8. The van der Waals surface area contributed by atoms with E-state index < -0.39 is 0 Å². The molecule has 130 valence electrons. The first kappa shape index (κ1) is 15.7. The van der Waals surface area contributed by atoms with Gasteiger partial charge < -0.3 is 9.40 Å². The lowest BCUT2D eigenvalue weighted by Crippen LogP contribution is -2.35. The van der Waals surface area contributed by atoms with Crippen LogP contribution in [0, 0.1) is 0 Å². The van der Waals surface area contributed by atoms with Crippen LogP contribution in [0.4, 0.5) is 0 Å². The highest BCUT2D eigenvalue weighted by Crippen LogP contribution is 2.39. The highest BCUT2D eigenvalue weighted by molar-refractivity contribution is 6.31. The summed E-state index contributed by atoms with van der Waals surface area (Å²) in [4.78, 5) is 6.17. The van der Waals surface area contributed by atoms with Gasteiger partial charge in [-0.3, -0.25) is 4.90 Å². The van der Waals surface area contributed by atoms with Gasteiger partial charge in [0, 0.05) is 40.3 Å². The van der Waals surface area contributed by atoms with Gasteiger partial charge in [0.25, 0.3) is 0 Å². The quantitative estimate of drug-likeness (QED) is 0.517. The van der Waals surface area contributed by atoms with Crippen molar-refractivity contribution in [2.24, 2.45) is 0 Å². The monoisotopic (exact) mass is 362 g/mol. The maximum Gasteiger partial charge on any atom is 0.0954 e. The van der Waals surface area contributed by atoms with Gasteiger partial charge in [0.2, 0.25) is 0 Å². The SMILES string of the molecule is Clc1ccc2[nH]c3c(c2c1)CCN(Cc1ccccc1)C3c1ccoc1. The summed E-state index contributed by atoms with van der Waals surface area (Å²) in [5.74, 6) is 0. The predicted molar refractivity (Wildman–Crippen MR) is 104 cm³/mol. The normalized spacial score (nSPS) is 17.5. The van der Waals surface area contributed by atoms with Crippen LogP contribution in [0.3, 0.4) is 0 Å². The van der Waals surface area contributed by atoms with Crippen molar-refractivity contribution >= 4 is 22.5 Å². The fraction of sp³-hybridized carbons (Fsp3) is 0.182. The van der Waals surface area contributed by atoms with Crippen LogP contribution in [-0.4, -0.2) is 16.4 Å². The van der Waals surface area contributed by atoms with Crippen LogP contribution < -0.4 is 0 Å². The van der Waals surface area contributed by atoms with E-state index in [1.54, 1.807) is 6.26 Å². The molecule has 0 aliphatic carbocycles. The third kappa shape index (κ3) is 2.64. The smallest absolute Gasteiger partial charge is 0.0954 e. The van der Waals surface area contributed by atoms with Crippen molar-refractivity contribution in [3.05, 3.63) is 94.5 Å². The van der Waals surface area contributed by atoms with Gasteiger partial charge in [-0.1, -0.05) is 41.9 Å². The molecule has 0 fully saturated rings. The molecule has 0 saturated carbocycles. The number of nitrogens with zero attached hydrogens (tertiary/aromatic N) is 1. The minimum atomic E-state index is 0.156. The van der Waals surface area contributed by atoms with Crippen molar-refractivity contribution < 1.29 is 4.42 Å². The van der Waals surface area contributed by atoms with Crippen LogP contribution in [0.15, 0.2) is 71.5 Å². The Balaban J connectivity index is 1.62. The number of halogens is 1. The van der Waals surface area contributed by atoms with Crippen molar-refractivity contribution in [2.75, 3.05) is 6.54 Å². The first-order valence-electron chi connectivity index (χ1n) is 8.89. The highest BCUT2D eigenvalue weighted by Gasteiger charge is 2.32. The van der Waals surface area contributed by atoms with Gasteiger partial charge in [-0.15, -0.1) is 0 Å². The molecule has 0 saturated heterocycles. The third-order valence-corrected chi connectivity index (χ3v) is 5.51. The van der Waals surface area contributed by atoms with Gasteiger partial charge in [-0.25, -0.2) is 0 Å². The fourth-order valence-electron chi connectivity index (χ4n) is 4.11.